The van der Waals surface area contributed by atoms with E-state index in [2.05, 4.69) is 15.6 Å². The molecule has 0 atom stereocenters. The lowest BCUT2D eigenvalue weighted by molar-refractivity contribution is -0.384. The molecule has 0 aliphatic carbocycles. The van der Waals surface area contributed by atoms with Crippen LogP contribution in [-0.2, 0) is 16.1 Å². The third kappa shape index (κ3) is 5.07. The van der Waals surface area contributed by atoms with Gasteiger partial charge in [-0.3, -0.25) is 19.7 Å². The van der Waals surface area contributed by atoms with E-state index in [1.807, 2.05) is 41.1 Å². The molecule has 154 valence electrons. The van der Waals surface area contributed by atoms with Crippen molar-refractivity contribution in [1.29, 1.82) is 0 Å². The van der Waals surface area contributed by atoms with E-state index in [9.17, 15) is 19.7 Å². The average molecular weight is 407 g/mol. The van der Waals surface area contributed by atoms with Gasteiger partial charge in [-0.2, -0.15) is 0 Å². The fraction of sp³-hybridized carbons (Fsp3) is 0.190. The molecule has 0 saturated carbocycles. The second kappa shape index (κ2) is 9.46. The molecular weight excluding hydrogens is 386 g/mol. The van der Waals surface area contributed by atoms with Crippen LogP contribution in [0.5, 0.6) is 0 Å². The van der Waals surface area contributed by atoms with E-state index in [4.69, 9.17) is 0 Å². The molecule has 0 saturated heterocycles. The molecule has 9 heteroatoms. The topological polar surface area (TPSA) is 119 Å². The molecular formula is C21H21N5O4. The number of hydrogen-bond acceptors (Lipinski definition) is 5. The number of amides is 2. The number of non-ortho nitro benzene ring substituents is 1. The van der Waals surface area contributed by atoms with E-state index in [-0.39, 0.29) is 5.69 Å². The van der Waals surface area contributed by atoms with Crippen LogP contribution in [0.25, 0.3) is 11.4 Å². The standard InChI is InChI=1S/C21H21N5O4/c1-15-14-17(26(29)30)8-9-18(15)24-21(28)20(27)23-10-5-12-25-13-11-22-19(25)16-6-3-2-4-7-16/h2-4,6-9,11,13-14H,5,10,12H2,1H3,(H,23,27)(H,24,28). The summed E-state index contributed by atoms with van der Waals surface area (Å²) in [5, 5.41) is 15.8. The summed E-state index contributed by atoms with van der Waals surface area (Å²) in [5.74, 6) is -0.741. The first-order valence-electron chi connectivity index (χ1n) is 9.36. The zero-order valence-electron chi connectivity index (χ0n) is 16.4. The normalized spacial score (nSPS) is 10.4. The van der Waals surface area contributed by atoms with Crippen molar-refractivity contribution in [3.05, 3.63) is 76.6 Å². The Kier molecular flexibility index (Phi) is 6.53. The Labute approximate surface area is 172 Å². The number of nitrogens with zero attached hydrogens (tertiary/aromatic N) is 3. The summed E-state index contributed by atoms with van der Waals surface area (Å²) in [6, 6.07) is 13.8. The van der Waals surface area contributed by atoms with Crippen molar-refractivity contribution in [3.8, 4) is 11.4 Å². The zero-order valence-corrected chi connectivity index (χ0v) is 16.4. The summed E-state index contributed by atoms with van der Waals surface area (Å²) in [7, 11) is 0. The van der Waals surface area contributed by atoms with Gasteiger partial charge in [0.15, 0.2) is 0 Å². The Morgan fingerprint density at radius 1 is 1.13 bits per heavy atom. The van der Waals surface area contributed by atoms with Crippen molar-refractivity contribution < 1.29 is 14.5 Å². The van der Waals surface area contributed by atoms with Crippen molar-refractivity contribution in [2.45, 2.75) is 19.9 Å². The number of nitro benzene ring substituents is 1. The third-order valence-electron chi connectivity index (χ3n) is 4.48. The summed E-state index contributed by atoms with van der Waals surface area (Å²) in [6.07, 6.45) is 4.21. The Hall–Kier alpha value is -4.01. The molecule has 0 unspecified atom stereocenters. The van der Waals surface area contributed by atoms with Crippen molar-refractivity contribution in [3.63, 3.8) is 0 Å². The highest BCUT2D eigenvalue weighted by atomic mass is 16.6. The largest absolute Gasteiger partial charge is 0.348 e. The van der Waals surface area contributed by atoms with Gasteiger partial charge < -0.3 is 15.2 Å². The van der Waals surface area contributed by atoms with Crippen LogP contribution in [0.1, 0.15) is 12.0 Å². The molecule has 0 fully saturated rings. The predicted octanol–water partition coefficient (Wildman–Crippen LogP) is 2.91. The van der Waals surface area contributed by atoms with Crippen LogP contribution in [0.2, 0.25) is 0 Å². The van der Waals surface area contributed by atoms with Gasteiger partial charge in [0.25, 0.3) is 5.69 Å². The van der Waals surface area contributed by atoms with Crippen LogP contribution in [0, 0.1) is 17.0 Å². The lowest BCUT2D eigenvalue weighted by Gasteiger charge is -2.10. The van der Waals surface area contributed by atoms with Crippen molar-refractivity contribution in [2.24, 2.45) is 0 Å². The zero-order chi connectivity index (χ0) is 21.5. The number of anilines is 1. The summed E-state index contributed by atoms with van der Waals surface area (Å²) >= 11 is 0. The van der Waals surface area contributed by atoms with Gasteiger partial charge in [0.05, 0.1) is 4.92 Å². The Morgan fingerprint density at radius 2 is 1.90 bits per heavy atom. The van der Waals surface area contributed by atoms with Gasteiger partial charge in [0, 0.05) is 48.9 Å². The number of carbonyl (C=O) groups excluding carboxylic acids is 2. The van der Waals surface area contributed by atoms with Crippen molar-refractivity contribution >= 4 is 23.2 Å². The fourth-order valence-corrected chi connectivity index (χ4v) is 2.95. The third-order valence-corrected chi connectivity index (χ3v) is 4.48. The monoisotopic (exact) mass is 407 g/mol. The minimum atomic E-state index is -0.820. The second-order valence-corrected chi connectivity index (χ2v) is 6.63. The number of aromatic nitrogens is 2. The van der Waals surface area contributed by atoms with Crippen LogP contribution in [-0.4, -0.2) is 32.8 Å². The number of carbonyl (C=O) groups is 2. The number of benzene rings is 2. The minimum Gasteiger partial charge on any atom is -0.348 e. The number of aryl methyl sites for hydroxylation is 2. The van der Waals surface area contributed by atoms with Crippen molar-refractivity contribution in [1.82, 2.24) is 14.9 Å². The van der Waals surface area contributed by atoms with E-state index >= 15 is 0 Å². The molecule has 2 amide bonds. The number of rotatable bonds is 7. The van der Waals surface area contributed by atoms with Gasteiger partial charge >= 0.3 is 11.8 Å². The molecule has 2 N–H and O–H groups in total. The molecule has 0 aliphatic heterocycles. The maximum absolute atomic E-state index is 12.1. The average Bonchev–Trinajstić information content (AvgIpc) is 3.21. The number of hydrogen-bond donors (Lipinski definition) is 2. The fourth-order valence-electron chi connectivity index (χ4n) is 2.95. The first-order chi connectivity index (χ1) is 14.5. The van der Waals surface area contributed by atoms with Gasteiger partial charge in [-0.15, -0.1) is 0 Å². The molecule has 1 heterocycles. The van der Waals surface area contributed by atoms with E-state index in [1.54, 1.807) is 13.1 Å². The van der Waals surface area contributed by atoms with Crippen LogP contribution >= 0.6 is 0 Å². The maximum Gasteiger partial charge on any atom is 0.313 e. The number of imidazole rings is 1. The van der Waals surface area contributed by atoms with E-state index in [0.29, 0.717) is 30.8 Å². The number of nitro groups is 1. The summed E-state index contributed by atoms with van der Waals surface area (Å²) in [6.45, 7) is 2.57. The highest BCUT2D eigenvalue weighted by Gasteiger charge is 2.16. The molecule has 2 aromatic carbocycles. The lowest BCUT2D eigenvalue weighted by atomic mass is 10.2. The van der Waals surface area contributed by atoms with E-state index in [1.165, 1.54) is 18.2 Å². The van der Waals surface area contributed by atoms with E-state index < -0.39 is 16.7 Å². The van der Waals surface area contributed by atoms with Crippen LogP contribution in [0.3, 0.4) is 0 Å². The van der Waals surface area contributed by atoms with E-state index in [0.717, 1.165) is 11.4 Å². The SMILES string of the molecule is Cc1cc([N+](=O)[O-])ccc1NC(=O)C(=O)NCCCn1ccnc1-c1ccccc1. The molecule has 0 aliphatic rings. The first kappa shape index (κ1) is 20.7. The van der Waals surface area contributed by atoms with Gasteiger partial charge in [-0.25, -0.2) is 4.98 Å². The molecule has 9 nitrogen and oxygen atoms in total. The maximum atomic E-state index is 12.1. The highest BCUT2D eigenvalue weighted by Crippen LogP contribution is 2.21. The minimum absolute atomic E-state index is 0.0793. The Bertz CT molecular complexity index is 1060. The molecule has 0 radical (unpaired) electrons. The summed E-state index contributed by atoms with van der Waals surface area (Å²) in [4.78, 5) is 38.7. The Balaban J connectivity index is 1.48. The van der Waals surface area contributed by atoms with Gasteiger partial charge in [-0.1, -0.05) is 30.3 Å². The molecule has 1 aromatic heterocycles. The smallest absolute Gasteiger partial charge is 0.313 e. The Morgan fingerprint density at radius 3 is 2.60 bits per heavy atom. The molecule has 30 heavy (non-hydrogen) atoms. The number of nitrogens with one attached hydrogen (secondary N) is 2. The van der Waals surface area contributed by atoms with Gasteiger partial charge in [0.2, 0.25) is 0 Å². The lowest BCUT2D eigenvalue weighted by Crippen LogP contribution is -2.36. The van der Waals surface area contributed by atoms with Crippen molar-refractivity contribution in [2.75, 3.05) is 11.9 Å². The first-order valence-corrected chi connectivity index (χ1v) is 9.36. The quantitative estimate of drug-likeness (QED) is 0.270. The van der Waals surface area contributed by atoms with Gasteiger partial charge in [0.1, 0.15) is 5.82 Å². The van der Waals surface area contributed by atoms with Crippen LogP contribution < -0.4 is 10.6 Å². The molecule has 0 spiro atoms. The second-order valence-electron chi connectivity index (χ2n) is 6.63. The predicted molar refractivity (Wildman–Crippen MR) is 112 cm³/mol. The molecule has 0 bridgehead atoms. The highest BCUT2D eigenvalue weighted by molar-refractivity contribution is 6.39. The molecule has 3 aromatic rings. The van der Waals surface area contributed by atoms with Crippen LogP contribution in [0.15, 0.2) is 60.9 Å². The summed E-state index contributed by atoms with van der Waals surface area (Å²) < 4.78 is 1.99. The van der Waals surface area contributed by atoms with Crippen LogP contribution in [0.4, 0.5) is 11.4 Å². The van der Waals surface area contributed by atoms with Gasteiger partial charge in [-0.05, 0) is 25.0 Å². The summed E-state index contributed by atoms with van der Waals surface area (Å²) in [5.41, 5.74) is 1.78. The molecule has 3 rings (SSSR count).